The lowest BCUT2D eigenvalue weighted by atomic mass is 10.0. The van der Waals surface area contributed by atoms with E-state index in [1.54, 1.807) is 0 Å². The maximum Gasteiger partial charge on any atom is 0.416 e. The van der Waals surface area contributed by atoms with E-state index in [-0.39, 0.29) is 0 Å². The van der Waals surface area contributed by atoms with Gasteiger partial charge >= 0.3 is 6.18 Å². The van der Waals surface area contributed by atoms with Crippen LogP contribution in [0.4, 0.5) is 18.9 Å². The van der Waals surface area contributed by atoms with Crippen LogP contribution in [0.1, 0.15) is 5.56 Å². The van der Waals surface area contributed by atoms with Crippen LogP contribution in [0.2, 0.25) is 0 Å². The molecular weight excluding hydrogens is 217 g/mol. The molecule has 0 radical (unpaired) electrons. The average molecular weight is 230 g/mol. The molecule has 0 aromatic heterocycles. The maximum absolute atomic E-state index is 12.3. The van der Waals surface area contributed by atoms with Gasteiger partial charge in [0, 0.05) is 31.2 Å². The molecule has 0 atom stereocenters. The van der Waals surface area contributed by atoms with E-state index in [0.29, 0.717) is 5.92 Å². The smallest absolute Gasteiger partial charge is 0.385 e. The van der Waals surface area contributed by atoms with Crippen molar-refractivity contribution in [2.75, 3.05) is 25.0 Å². The first-order valence-electron chi connectivity index (χ1n) is 5.17. The summed E-state index contributed by atoms with van der Waals surface area (Å²) in [6, 6.07) is 5.13. The Morgan fingerprint density at radius 2 is 1.81 bits per heavy atom. The van der Waals surface area contributed by atoms with Gasteiger partial charge in [-0.15, -0.1) is 0 Å². The van der Waals surface area contributed by atoms with Crippen LogP contribution in [-0.4, -0.2) is 19.6 Å². The van der Waals surface area contributed by atoms with Crippen LogP contribution >= 0.6 is 0 Å². The summed E-state index contributed by atoms with van der Waals surface area (Å²) in [6.07, 6.45) is -4.25. The van der Waals surface area contributed by atoms with Gasteiger partial charge in [0.1, 0.15) is 0 Å². The summed E-state index contributed by atoms with van der Waals surface area (Å²) < 4.78 is 36.8. The number of anilines is 1. The second kappa shape index (κ2) is 4.33. The maximum atomic E-state index is 12.3. The van der Waals surface area contributed by atoms with E-state index in [9.17, 15) is 13.2 Å². The predicted molar refractivity (Wildman–Crippen MR) is 56.3 cm³/mol. The zero-order valence-corrected chi connectivity index (χ0v) is 8.64. The van der Waals surface area contributed by atoms with Crippen molar-refractivity contribution in [2.45, 2.75) is 6.18 Å². The van der Waals surface area contributed by atoms with Gasteiger partial charge in [0.25, 0.3) is 0 Å². The van der Waals surface area contributed by atoms with Gasteiger partial charge in [-0.05, 0) is 24.3 Å². The lowest BCUT2D eigenvalue weighted by Crippen LogP contribution is -2.45. The molecule has 0 saturated carbocycles. The quantitative estimate of drug-likeness (QED) is 0.832. The Morgan fingerprint density at radius 3 is 2.25 bits per heavy atom. The van der Waals surface area contributed by atoms with Gasteiger partial charge in [-0.1, -0.05) is 0 Å². The summed E-state index contributed by atoms with van der Waals surface area (Å²) in [5.41, 5.74) is 0.128. The number of rotatable bonds is 3. The normalized spacial score (nSPS) is 16.9. The van der Waals surface area contributed by atoms with E-state index in [2.05, 4.69) is 10.6 Å². The third-order valence-electron chi connectivity index (χ3n) is 2.67. The standard InChI is InChI=1S/C11H13F3N2/c12-11(13,14)9-1-3-10(4-2-9)16-7-8-5-15-6-8/h1-4,8,15-16H,5-7H2. The molecule has 16 heavy (non-hydrogen) atoms. The van der Waals surface area contributed by atoms with Crippen molar-refractivity contribution in [3.63, 3.8) is 0 Å². The van der Waals surface area contributed by atoms with Crippen LogP contribution < -0.4 is 10.6 Å². The van der Waals surface area contributed by atoms with E-state index in [0.717, 1.165) is 37.5 Å². The monoisotopic (exact) mass is 230 g/mol. The van der Waals surface area contributed by atoms with Crippen LogP contribution in [0, 0.1) is 5.92 Å². The van der Waals surface area contributed by atoms with Crippen molar-refractivity contribution in [3.8, 4) is 0 Å². The summed E-state index contributed by atoms with van der Waals surface area (Å²) in [4.78, 5) is 0. The Kier molecular flexibility index (Phi) is 3.05. The summed E-state index contributed by atoms with van der Waals surface area (Å²) in [5.74, 6) is 0.585. The highest BCUT2D eigenvalue weighted by Gasteiger charge is 2.29. The molecule has 2 N–H and O–H groups in total. The van der Waals surface area contributed by atoms with Crippen LogP contribution in [0.15, 0.2) is 24.3 Å². The van der Waals surface area contributed by atoms with E-state index in [1.807, 2.05) is 0 Å². The first-order valence-corrected chi connectivity index (χ1v) is 5.17. The second-order valence-electron chi connectivity index (χ2n) is 3.98. The van der Waals surface area contributed by atoms with Gasteiger partial charge in [0.2, 0.25) is 0 Å². The molecule has 0 aliphatic carbocycles. The third-order valence-corrected chi connectivity index (χ3v) is 2.67. The number of hydrogen-bond acceptors (Lipinski definition) is 2. The van der Waals surface area contributed by atoms with E-state index in [4.69, 9.17) is 0 Å². The van der Waals surface area contributed by atoms with Gasteiger partial charge in [0.15, 0.2) is 0 Å². The largest absolute Gasteiger partial charge is 0.416 e. The van der Waals surface area contributed by atoms with E-state index < -0.39 is 11.7 Å². The van der Waals surface area contributed by atoms with Crippen molar-refractivity contribution < 1.29 is 13.2 Å². The van der Waals surface area contributed by atoms with Gasteiger partial charge in [0.05, 0.1) is 5.56 Å². The fourth-order valence-electron chi connectivity index (χ4n) is 1.53. The van der Waals surface area contributed by atoms with Crippen molar-refractivity contribution >= 4 is 5.69 Å². The van der Waals surface area contributed by atoms with Crippen LogP contribution in [0.25, 0.3) is 0 Å². The number of halogens is 3. The number of hydrogen-bond donors (Lipinski definition) is 2. The molecule has 0 spiro atoms. The van der Waals surface area contributed by atoms with Gasteiger partial charge < -0.3 is 10.6 Å². The fraction of sp³-hybridized carbons (Fsp3) is 0.455. The molecular formula is C11H13F3N2. The number of nitrogens with one attached hydrogen (secondary N) is 2. The summed E-state index contributed by atoms with van der Waals surface area (Å²) in [5, 5.41) is 6.26. The summed E-state index contributed by atoms with van der Waals surface area (Å²) in [7, 11) is 0. The molecule has 0 unspecified atom stereocenters. The highest BCUT2D eigenvalue weighted by atomic mass is 19.4. The lowest BCUT2D eigenvalue weighted by Gasteiger charge is -2.27. The molecule has 88 valence electrons. The van der Waals surface area contributed by atoms with Crippen molar-refractivity contribution in [1.29, 1.82) is 0 Å². The molecule has 5 heteroatoms. The third kappa shape index (κ3) is 2.66. The SMILES string of the molecule is FC(F)(F)c1ccc(NCC2CNC2)cc1. The minimum atomic E-state index is -4.25. The van der Waals surface area contributed by atoms with Crippen LogP contribution in [0.3, 0.4) is 0 Å². The minimum Gasteiger partial charge on any atom is -0.385 e. The molecule has 1 aromatic carbocycles. The molecule has 1 aliphatic heterocycles. The number of benzene rings is 1. The highest BCUT2D eigenvalue weighted by Crippen LogP contribution is 2.29. The first-order chi connectivity index (χ1) is 7.55. The van der Waals surface area contributed by atoms with Crippen molar-refractivity contribution in [3.05, 3.63) is 29.8 Å². The van der Waals surface area contributed by atoms with Crippen LogP contribution in [-0.2, 0) is 6.18 Å². The van der Waals surface area contributed by atoms with Gasteiger partial charge in [-0.2, -0.15) is 13.2 Å². The number of alkyl halides is 3. The van der Waals surface area contributed by atoms with Gasteiger partial charge in [-0.25, -0.2) is 0 Å². The second-order valence-corrected chi connectivity index (χ2v) is 3.98. The van der Waals surface area contributed by atoms with E-state index >= 15 is 0 Å². The molecule has 0 bridgehead atoms. The Hall–Kier alpha value is -1.23. The molecule has 2 rings (SSSR count). The molecule has 0 amide bonds. The fourth-order valence-corrected chi connectivity index (χ4v) is 1.53. The summed E-state index contributed by atoms with van der Waals surface area (Å²) >= 11 is 0. The molecule has 1 aliphatic rings. The minimum absolute atomic E-state index is 0.585. The first kappa shape index (κ1) is 11.3. The average Bonchev–Trinajstić information content (AvgIpc) is 2.15. The Labute approximate surface area is 91.8 Å². The Balaban J connectivity index is 1.91. The lowest BCUT2D eigenvalue weighted by molar-refractivity contribution is -0.137. The summed E-state index contributed by atoms with van der Waals surface area (Å²) in [6.45, 7) is 2.76. The van der Waals surface area contributed by atoms with Crippen molar-refractivity contribution in [1.82, 2.24) is 5.32 Å². The highest BCUT2D eigenvalue weighted by molar-refractivity contribution is 5.45. The Morgan fingerprint density at radius 1 is 1.19 bits per heavy atom. The van der Waals surface area contributed by atoms with E-state index in [1.165, 1.54) is 12.1 Å². The zero-order valence-electron chi connectivity index (χ0n) is 8.64. The molecule has 2 nitrogen and oxygen atoms in total. The topological polar surface area (TPSA) is 24.1 Å². The molecule has 1 fully saturated rings. The van der Waals surface area contributed by atoms with Gasteiger partial charge in [-0.3, -0.25) is 0 Å². The Bertz CT molecular complexity index is 341. The molecule has 1 saturated heterocycles. The molecule has 1 heterocycles. The predicted octanol–water partition coefficient (Wildman–Crippen LogP) is 2.34. The zero-order chi connectivity index (χ0) is 11.6. The molecule has 1 aromatic rings. The van der Waals surface area contributed by atoms with Crippen molar-refractivity contribution in [2.24, 2.45) is 5.92 Å². The van der Waals surface area contributed by atoms with Crippen LogP contribution in [0.5, 0.6) is 0 Å².